The molecule has 0 aromatic carbocycles. The third-order valence-electron chi connectivity index (χ3n) is 4.36. The average Bonchev–Trinajstić information content (AvgIpc) is 2.48. The summed E-state index contributed by atoms with van der Waals surface area (Å²) in [6.45, 7) is 8.64. The number of ether oxygens (including phenoxy) is 1. The van der Waals surface area contributed by atoms with Gasteiger partial charge in [-0.25, -0.2) is 9.97 Å². The Labute approximate surface area is 128 Å². The molecule has 21 heavy (non-hydrogen) atoms. The van der Waals surface area contributed by atoms with E-state index in [0.717, 1.165) is 44.1 Å². The van der Waals surface area contributed by atoms with Crippen LogP contribution >= 0.6 is 0 Å². The van der Waals surface area contributed by atoms with Gasteiger partial charge in [0, 0.05) is 24.9 Å². The Hall–Kier alpha value is -1.00. The highest BCUT2D eigenvalue weighted by molar-refractivity contribution is 5.28. The van der Waals surface area contributed by atoms with Gasteiger partial charge in [0.25, 0.3) is 0 Å². The normalized spacial score (nSPS) is 19.3. The van der Waals surface area contributed by atoms with Gasteiger partial charge in [0.15, 0.2) is 0 Å². The summed E-state index contributed by atoms with van der Waals surface area (Å²) < 4.78 is 5.32. The van der Waals surface area contributed by atoms with Crippen LogP contribution in [0.25, 0.3) is 0 Å². The van der Waals surface area contributed by atoms with Crippen LogP contribution in [0.3, 0.4) is 0 Å². The van der Waals surface area contributed by atoms with Gasteiger partial charge in [-0.3, -0.25) is 0 Å². The van der Waals surface area contributed by atoms with Gasteiger partial charge in [-0.1, -0.05) is 6.92 Å². The second-order valence-corrected chi connectivity index (χ2v) is 6.21. The molecule has 4 heteroatoms. The second kappa shape index (κ2) is 7.85. The molecule has 2 unspecified atom stereocenters. The summed E-state index contributed by atoms with van der Waals surface area (Å²) in [5.41, 5.74) is 3.82. The minimum atomic E-state index is 0.178. The van der Waals surface area contributed by atoms with E-state index in [-0.39, 0.29) is 6.10 Å². The Bertz CT molecular complexity index is 462. The van der Waals surface area contributed by atoms with Gasteiger partial charge in [0.05, 0.1) is 6.10 Å². The molecule has 0 bridgehead atoms. The maximum atomic E-state index is 5.32. The van der Waals surface area contributed by atoms with Crippen molar-refractivity contribution in [3.8, 4) is 0 Å². The molecule has 0 aliphatic heterocycles. The molecular formula is C17H29N3O. The van der Waals surface area contributed by atoms with Gasteiger partial charge in [-0.05, 0) is 64.1 Å². The minimum absolute atomic E-state index is 0.178. The highest BCUT2D eigenvalue weighted by Gasteiger charge is 2.22. The lowest BCUT2D eigenvalue weighted by atomic mass is 9.85. The van der Waals surface area contributed by atoms with Crippen molar-refractivity contribution in [1.82, 2.24) is 15.3 Å². The zero-order valence-corrected chi connectivity index (χ0v) is 13.9. The quantitative estimate of drug-likeness (QED) is 0.784. The highest BCUT2D eigenvalue weighted by Crippen LogP contribution is 2.26. The number of fused-ring (bicyclic) bond motifs is 1. The molecule has 1 heterocycles. The number of hydrogen-bond donors (Lipinski definition) is 1. The second-order valence-electron chi connectivity index (χ2n) is 6.21. The largest absolute Gasteiger partial charge is 0.381 e. The number of methoxy groups -OCH3 is 1. The first-order valence-corrected chi connectivity index (χ1v) is 8.22. The monoisotopic (exact) mass is 291 g/mol. The molecule has 0 spiro atoms. The first-order valence-electron chi connectivity index (χ1n) is 8.22. The molecule has 1 aliphatic carbocycles. The molecule has 1 aromatic heterocycles. The van der Waals surface area contributed by atoms with Crippen LogP contribution in [0, 0.1) is 12.8 Å². The molecule has 1 aromatic rings. The lowest BCUT2D eigenvalue weighted by molar-refractivity contribution is 0.117. The van der Waals surface area contributed by atoms with Gasteiger partial charge in [0.1, 0.15) is 5.82 Å². The van der Waals surface area contributed by atoms with Gasteiger partial charge in [0.2, 0.25) is 0 Å². The molecule has 1 N–H and O–H groups in total. The molecule has 0 saturated heterocycles. The zero-order chi connectivity index (χ0) is 15.2. The van der Waals surface area contributed by atoms with E-state index in [0.29, 0.717) is 0 Å². The van der Waals surface area contributed by atoms with E-state index in [9.17, 15) is 0 Å². The van der Waals surface area contributed by atoms with Crippen molar-refractivity contribution < 1.29 is 4.74 Å². The number of nitrogens with zero attached hydrogens (tertiary/aromatic N) is 2. The van der Waals surface area contributed by atoms with Crippen LogP contribution in [0.4, 0.5) is 0 Å². The third-order valence-corrected chi connectivity index (χ3v) is 4.36. The maximum absolute atomic E-state index is 5.32. The fourth-order valence-corrected chi connectivity index (χ4v) is 3.01. The van der Waals surface area contributed by atoms with E-state index in [1.54, 1.807) is 7.11 Å². The molecule has 2 atom stereocenters. The zero-order valence-electron chi connectivity index (χ0n) is 13.9. The molecule has 0 saturated carbocycles. The van der Waals surface area contributed by atoms with Crippen molar-refractivity contribution in [2.45, 2.75) is 59.0 Å². The van der Waals surface area contributed by atoms with Crippen molar-refractivity contribution in [1.29, 1.82) is 0 Å². The summed E-state index contributed by atoms with van der Waals surface area (Å²) in [6.07, 6.45) is 5.62. The topological polar surface area (TPSA) is 47.0 Å². The molecule has 0 fully saturated rings. The van der Waals surface area contributed by atoms with Gasteiger partial charge >= 0.3 is 0 Å². The first kappa shape index (κ1) is 16.4. The third kappa shape index (κ3) is 4.48. The molecular weight excluding hydrogens is 262 g/mol. The van der Waals surface area contributed by atoms with Gasteiger partial charge in [-0.15, -0.1) is 0 Å². The summed E-state index contributed by atoms with van der Waals surface area (Å²) in [5.74, 6) is 1.67. The number of nitrogens with one attached hydrogen (secondary N) is 1. The highest BCUT2D eigenvalue weighted by atomic mass is 16.5. The van der Waals surface area contributed by atoms with Crippen LogP contribution in [0.2, 0.25) is 0 Å². The number of aryl methyl sites for hydroxylation is 2. The van der Waals surface area contributed by atoms with E-state index in [4.69, 9.17) is 14.7 Å². The van der Waals surface area contributed by atoms with E-state index in [1.165, 1.54) is 29.8 Å². The first-order chi connectivity index (χ1) is 10.1. The lowest BCUT2D eigenvalue weighted by Gasteiger charge is -2.26. The lowest BCUT2D eigenvalue weighted by Crippen LogP contribution is -2.29. The molecule has 0 radical (unpaired) electrons. The Balaban J connectivity index is 2.04. The predicted molar refractivity (Wildman–Crippen MR) is 85.6 cm³/mol. The molecule has 2 rings (SSSR count). The smallest absolute Gasteiger partial charge is 0.131 e. The molecule has 0 amide bonds. The van der Waals surface area contributed by atoms with Crippen LogP contribution < -0.4 is 5.32 Å². The summed E-state index contributed by atoms with van der Waals surface area (Å²) in [5, 5.41) is 3.54. The maximum Gasteiger partial charge on any atom is 0.131 e. The Morgan fingerprint density at radius 3 is 2.90 bits per heavy atom. The Kier molecular flexibility index (Phi) is 6.12. The van der Waals surface area contributed by atoms with Crippen molar-refractivity contribution >= 4 is 0 Å². The fraction of sp³-hybridized carbons (Fsp3) is 0.765. The summed E-state index contributed by atoms with van der Waals surface area (Å²) in [4.78, 5) is 9.48. The van der Waals surface area contributed by atoms with Crippen molar-refractivity contribution in [2.75, 3.05) is 20.2 Å². The summed E-state index contributed by atoms with van der Waals surface area (Å²) in [7, 11) is 1.74. The van der Waals surface area contributed by atoms with Crippen LogP contribution in [-0.4, -0.2) is 36.3 Å². The van der Waals surface area contributed by atoms with E-state index in [1.807, 2.05) is 0 Å². The Morgan fingerprint density at radius 2 is 2.19 bits per heavy atom. The molecule has 4 nitrogen and oxygen atoms in total. The van der Waals surface area contributed by atoms with Crippen molar-refractivity contribution in [3.05, 3.63) is 22.8 Å². The van der Waals surface area contributed by atoms with E-state index in [2.05, 4.69) is 26.1 Å². The van der Waals surface area contributed by atoms with E-state index < -0.39 is 0 Å². The molecule has 1 aliphatic rings. The molecule has 118 valence electrons. The van der Waals surface area contributed by atoms with Crippen LogP contribution in [0.5, 0.6) is 0 Å². The van der Waals surface area contributed by atoms with Crippen LogP contribution in [-0.2, 0) is 24.0 Å². The fourth-order valence-electron chi connectivity index (χ4n) is 3.01. The predicted octanol–water partition coefficient (Wildman–Crippen LogP) is 2.47. The number of aromatic nitrogens is 2. The van der Waals surface area contributed by atoms with Crippen LogP contribution in [0.15, 0.2) is 0 Å². The average molecular weight is 291 g/mol. The van der Waals surface area contributed by atoms with Gasteiger partial charge in [-0.2, -0.15) is 0 Å². The van der Waals surface area contributed by atoms with Crippen molar-refractivity contribution in [3.63, 3.8) is 0 Å². The van der Waals surface area contributed by atoms with Crippen LogP contribution in [0.1, 0.15) is 49.5 Å². The SMILES string of the molecule is CCCNCC1CCc2nc(CC(C)OC)nc(C)c2C1. The Morgan fingerprint density at radius 1 is 1.38 bits per heavy atom. The van der Waals surface area contributed by atoms with Crippen molar-refractivity contribution in [2.24, 2.45) is 5.92 Å². The van der Waals surface area contributed by atoms with Gasteiger partial charge < -0.3 is 10.1 Å². The number of hydrogen-bond acceptors (Lipinski definition) is 4. The van der Waals surface area contributed by atoms with E-state index >= 15 is 0 Å². The summed E-state index contributed by atoms with van der Waals surface area (Å²) >= 11 is 0. The minimum Gasteiger partial charge on any atom is -0.381 e. The number of rotatable bonds is 7. The standard InChI is InChI=1S/C17H29N3O/c1-5-8-18-11-14-6-7-16-15(10-14)13(3)19-17(20-16)9-12(2)21-4/h12,14,18H,5-11H2,1-4H3. The summed E-state index contributed by atoms with van der Waals surface area (Å²) in [6, 6.07) is 0.